The normalized spacial score (nSPS) is 11.2. The van der Waals surface area contributed by atoms with Crippen molar-refractivity contribution in [1.29, 1.82) is 0 Å². The first-order valence-corrected chi connectivity index (χ1v) is 10.7. The zero-order chi connectivity index (χ0) is 21.5. The number of anilines is 1. The first-order valence-electron chi connectivity index (χ1n) is 9.74. The summed E-state index contributed by atoms with van der Waals surface area (Å²) < 4.78 is 20.9. The van der Waals surface area contributed by atoms with E-state index in [0.717, 1.165) is 11.8 Å². The number of ether oxygens (including phenoxy) is 1. The number of carbonyl (C=O) groups excluding carboxylic acids is 1. The molecule has 0 radical (unpaired) electrons. The SMILES string of the molecule is CC(C)OCCCn1c(SCC(=O)Nc2ccccc2F)nc2ccccc2c1=O. The molecule has 8 heteroatoms. The van der Waals surface area contributed by atoms with Gasteiger partial charge < -0.3 is 10.1 Å². The molecule has 0 saturated carbocycles. The number of para-hydroxylation sites is 2. The summed E-state index contributed by atoms with van der Waals surface area (Å²) in [5, 5.41) is 3.53. The maximum absolute atomic E-state index is 13.7. The van der Waals surface area contributed by atoms with Crippen molar-refractivity contribution in [2.45, 2.75) is 38.1 Å². The van der Waals surface area contributed by atoms with Crippen LogP contribution in [0.1, 0.15) is 20.3 Å². The monoisotopic (exact) mass is 429 g/mol. The third-order valence-electron chi connectivity index (χ3n) is 4.28. The second-order valence-corrected chi connectivity index (χ2v) is 7.90. The topological polar surface area (TPSA) is 73.2 Å². The molecule has 0 aliphatic heterocycles. The third kappa shape index (κ3) is 5.67. The molecule has 158 valence electrons. The second-order valence-electron chi connectivity index (χ2n) is 6.96. The molecule has 0 aliphatic carbocycles. The van der Waals surface area contributed by atoms with Crippen LogP contribution in [0.15, 0.2) is 58.5 Å². The van der Waals surface area contributed by atoms with E-state index in [1.807, 2.05) is 19.9 Å². The lowest BCUT2D eigenvalue weighted by molar-refractivity contribution is -0.113. The van der Waals surface area contributed by atoms with Gasteiger partial charge in [-0.3, -0.25) is 14.2 Å². The number of nitrogens with one attached hydrogen (secondary N) is 1. The highest BCUT2D eigenvalue weighted by molar-refractivity contribution is 7.99. The number of hydrogen-bond acceptors (Lipinski definition) is 5. The summed E-state index contributed by atoms with van der Waals surface area (Å²) >= 11 is 1.15. The van der Waals surface area contributed by atoms with Gasteiger partial charge in [0.15, 0.2) is 5.16 Å². The molecule has 0 saturated heterocycles. The molecular weight excluding hydrogens is 405 g/mol. The fourth-order valence-electron chi connectivity index (χ4n) is 2.88. The van der Waals surface area contributed by atoms with E-state index < -0.39 is 5.82 Å². The van der Waals surface area contributed by atoms with E-state index >= 15 is 0 Å². The predicted octanol–water partition coefficient (Wildman–Crippen LogP) is 4.08. The Morgan fingerprint density at radius 2 is 1.93 bits per heavy atom. The highest BCUT2D eigenvalue weighted by Gasteiger charge is 2.14. The van der Waals surface area contributed by atoms with Gasteiger partial charge in [0.2, 0.25) is 5.91 Å². The van der Waals surface area contributed by atoms with Gasteiger partial charge in [0.05, 0.1) is 28.4 Å². The van der Waals surface area contributed by atoms with Gasteiger partial charge in [-0.25, -0.2) is 9.37 Å². The lowest BCUT2D eigenvalue weighted by Gasteiger charge is -2.14. The molecule has 30 heavy (non-hydrogen) atoms. The van der Waals surface area contributed by atoms with E-state index in [4.69, 9.17) is 4.74 Å². The molecule has 1 N–H and O–H groups in total. The van der Waals surface area contributed by atoms with Gasteiger partial charge in [0.1, 0.15) is 5.82 Å². The van der Waals surface area contributed by atoms with Crippen molar-refractivity contribution < 1.29 is 13.9 Å². The minimum atomic E-state index is -0.498. The van der Waals surface area contributed by atoms with Gasteiger partial charge in [-0.1, -0.05) is 36.0 Å². The Balaban J connectivity index is 1.77. The van der Waals surface area contributed by atoms with Gasteiger partial charge >= 0.3 is 0 Å². The van der Waals surface area contributed by atoms with Crippen LogP contribution in [0.5, 0.6) is 0 Å². The molecule has 0 atom stereocenters. The van der Waals surface area contributed by atoms with Crippen LogP contribution < -0.4 is 10.9 Å². The fraction of sp³-hybridized carbons (Fsp3) is 0.318. The standard InChI is InChI=1S/C22H24FN3O3S/c1-15(2)29-13-7-12-26-21(28)16-8-3-5-10-18(16)25-22(26)30-14-20(27)24-19-11-6-4-9-17(19)23/h3-6,8-11,15H,7,12-14H2,1-2H3,(H,24,27). The molecule has 0 bridgehead atoms. The van der Waals surface area contributed by atoms with Gasteiger partial charge in [0, 0.05) is 13.2 Å². The molecule has 2 aromatic carbocycles. The second kappa shape index (κ2) is 10.4. The summed E-state index contributed by atoms with van der Waals surface area (Å²) in [6.07, 6.45) is 0.764. The van der Waals surface area contributed by atoms with Crippen molar-refractivity contribution in [2.75, 3.05) is 17.7 Å². The van der Waals surface area contributed by atoms with Crippen LogP contribution in [0.2, 0.25) is 0 Å². The van der Waals surface area contributed by atoms with Gasteiger partial charge in [0.25, 0.3) is 5.56 Å². The highest BCUT2D eigenvalue weighted by Crippen LogP contribution is 2.19. The van der Waals surface area contributed by atoms with E-state index in [2.05, 4.69) is 10.3 Å². The van der Waals surface area contributed by atoms with Crippen molar-refractivity contribution in [3.8, 4) is 0 Å². The molecule has 3 rings (SSSR count). The number of fused-ring (bicyclic) bond motifs is 1. The molecule has 0 spiro atoms. The zero-order valence-corrected chi connectivity index (χ0v) is 17.7. The zero-order valence-electron chi connectivity index (χ0n) is 16.9. The number of amides is 1. The van der Waals surface area contributed by atoms with Crippen LogP contribution in [-0.2, 0) is 16.1 Å². The molecule has 3 aromatic rings. The maximum Gasteiger partial charge on any atom is 0.262 e. The van der Waals surface area contributed by atoms with Crippen LogP contribution in [0.25, 0.3) is 10.9 Å². The fourth-order valence-corrected chi connectivity index (χ4v) is 3.70. The number of rotatable bonds is 9. The number of aromatic nitrogens is 2. The van der Waals surface area contributed by atoms with Crippen LogP contribution in [0.3, 0.4) is 0 Å². The number of halogens is 1. The van der Waals surface area contributed by atoms with Crippen molar-refractivity contribution in [3.05, 3.63) is 64.7 Å². The first-order chi connectivity index (χ1) is 14.5. The van der Waals surface area contributed by atoms with Crippen molar-refractivity contribution in [2.24, 2.45) is 0 Å². The average Bonchev–Trinajstić information content (AvgIpc) is 2.72. The smallest absolute Gasteiger partial charge is 0.262 e. The molecular formula is C22H24FN3O3S. The lowest BCUT2D eigenvalue weighted by atomic mass is 10.2. The van der Waals surface area contributed by atoms with Crippen LogP contribution in [-0.4, -0.2) is 33.9 Å². The first kappa shape index (κ1) is 22.0. The van der Waals surface area contributed by atoms with E-state index in [0.29, 0.717) is 35.6 Å². The quantitative estimate of drug-likeness (QED) is 0.315. The minimum Gasteiger partial charge on any atom is -0.379 e. The van der Waals surface area contributed by atoms with E-state index in [1.165, 1.54) is 12.1 Å². The molecule has 0 aliphatic rings. The van der Waals surface area contributed by atoms with Gasteiger partial charge in [-0.15, -0.1) is 0 Å². The number of carbonyl (C=O) groups is 1. The largest absolute Gasteiger partial charge is 0.379 e. The lowest BCUT2D eigenvalue weighted by Crippen LogP contribution is -2.25. The summed E-state index contributed by atoms with van der Waals surface area (Å²) in [5.74, 6) is -0.870. The number of thioether (sulfide) groups is 1. The summed E-state index contributed by atoms with van der Waals surface area (Å²) in [7, 11) is 0. The Kier molecular flexibility index (Phi) is 7.59. The molecule has 1 amide bonds. The van der Waals surface area contributed by atoms with Crippen LogP contribution >= 0.6 is 11.8 Å². The Hall–Kier alpha value is -2.71. The predicted molar refractivity (Wildman–Crippen MR) is 117 cm³/mol. The molecule has 6 nitrogen and oxygen atoms in total. The summed E-state index contributed by atoms with van der Waals surface area (Å²) in [6.45, 7) is 4.87. The van der Waals surface area contributed by atoms with E-state index in [9.17, 15) is 14.0 Å². The molecule has 0 unspecified atom stereocenters. The number of hydrogen-bond donors (Lipinski definition) is 1. The highest BCUT2D eigenvalue weighted by atomic mass is 32.2. The average molecular weight is 430 g/mol. The van der Waals surface area contributed by atoms with Crippen molar-refractivity contribution >= 4 is 34.3 Å². The van der Waals surface area contributed by atoms with Crippen LogP contribution in [0, 0.1) is 5.82 Å². The number of benzene rings is 2. The Morgan fingerprint density at radius 1 is 1.20 bits per heavy atom. The van der Waals surface area contributed by atoms with Gasteiger partial charge in [-0.2, -0.15) is 0 Å². The minimum absolute atomic E-state index is 0.00160. The van der Waals surface area contributed by atoms with Crippen LogP contribution in [0.4, 0.5) is 10.1 Å². The summed E-state index contributed by atoms with van der Waals surface area (Å²) in [6, 6.07) is 13.1. The van der Waals surface area contributed by atoms with E-state index in [1.54, 1.807) is 34.9 Å². The van der Waals surface area contributed by atoms with E-state index in [-0.39, 0.29) is 29.0 Å². The summed E-state index contributed by atoms with van der Waals surface area (Å²) in [4.78, 5) is 29.9. The summed E-state index contributed by atoms with van der Waals surface area (Å²) in [5.41, 5.74) is 0.550. The van der Waals surface area contributed by atoms with Crippen molar-refractivity contribution in [1.82, 2.24) is 9.55 Å². The Bertz CT molecular complexity index is 1080. The molecule has 1 heterocycles. The Morgan fingerprint density at radius 3 is 2.70 bits per heavy atom. The third-order valence-corrected chi connectivity index (χ3v) is 5.26. The Labute approximate surface area is 178 Å². The maximum atomic E-state index is 13.7. The van der Waals surface area contributed by atoms with Gasteiger partial charge in [-0.05, 0) is 44.5 Å². The number of nitrogens with zero attached hydrogens (tertiary/aromatic N) is 2. The molecule has 0 fully saturated rings. The molecule has 1 aromatic heterocycles. The van der Waals surface area contributed by atoms with Crippen molar-refractivity contribution in [3.63, 3.8) is 0 Å².